The Balaban J connectivity index is 1.16. The molecular formula is C25H35FN4O4. The molecule has 4 fully saturated rings. The Bertz CT molecular complexity index is 926. The lowest BCUT2D eigenvalue weighted by molar-refractivity contribution is -0.190. The number of piperidine rings is 2. The first-order valence-corrected chi connectivity index (χ1v) is 12.6. The molecule has 0 bridgehead atoms. The minimum absolute atomic E-state index is 0.00565. The topological polar surface area (TPSA) is 85.3 Å². The molecule has 9 heteroatoms. The van der Waals surface area contributed by atoms with Crippen LogP contribution in [-0.2, 0) is 9.63 Å². The molecule has 0 unspecified atom stereocenters. The summed E-state index contributed by atoms with van der Waals surface area (Å²) < 4.78 is 13.4. The summed E-state index contributed by atoms with van der Waals surface area (Å²) >= 11 is 0. The van der Waals surface area contributed by atoms with Gasteiger partial charge < -0.3 is 19.7 Å². The molecule has 186 valence electrons. The van der Waals surface area contributed by atoms with Crippen molar-refractivity contribution in [2.24, 2.45) is 5.41 Å². The molecule has 0 aromatic heterocycles. The summed E-state index contributed by atoms with van der Waals surface area (Å²) in [5.74, 6) is -0.468. The van der Waals surface area contributed by atoms with E-state index in [1.54, 1.807) is 13.0 Å². The van der Waals surface area contributed by atoms with Crippen LogP contribution in [0.3, 0.4) is 0 Å². The molecule has 4 aliphatic rings. The maximum Gasteiger partial charge on any atom is 0.430 e. The average molecular weight is 475 g/mol. The maximum absolute atomic E-state index is 13.4. The highest BCUT2D eigenvalue weighted by Gasteiger charge is 2.51. The van der Waals surface area contributed by atoms with Crippen molar-refractivity contribution in [1.82, 2.24) is 14.9 Å². The molecule has 3 heterocycles. The summed E-state index contributed by atoms with van der Waals surface area (Å²) in [6, 6.07) is 5.19. The standard InChI is InChI=1S/C25H35FN4O4/c1-17-23(32)30-20(8-12-28-13-11-25(9-10-25)22(31)16-28)6-3-7-21(30)15-29(17)34-24(33)27-19-5-2-4-18(26)14-19/h2,4-5,14,17,20-22,31H,3,6-13,15-16H2,1H3,(H,27,33)/t17-,20+,21-,22+/m0/s1. The fourth-order valence-corrected chi connectivity index (χ4v) is 5.98. The number of fused-ring (bicyclic) bond motifs is 1. The van der Waals surface area contributed by atoms with Crippen molar-refractivity contribution < 1.29 is 23.9 Å². The van der Waals surface area contributed by atoms with E-state index in [1.165, 1.54) is 23.3 Å². The van der Waals surface area contributed by atoms with Crippen LogP contribution in [0.4, 0.5) is 14.9 Å². The molecule has 3 aliphatic heterocycles. The molecule has 1 aliphatic carbocycles. The van der Waals surface area contributed by atoms with Crippen LogP contribution in [0.25, 0.3) is 0 Å². The molecule has 2 amide bonds. The van der Waals surface area contributed by atoms with Gasteiger partial charge in [0.25, 0.3) is 0 Å². The predicted molar refractivity (Wildman–Crippen MR) is 124 cm³/mol. The molecule has 0 radical (unpaired) electrons. The summed E-state index contributed by atoms with van der Waals surface area (Å²) in [6.07, 6.45) is 6.23. The normalized spacial score (nSPS) is 31.3. The minimum Gasteiger partial charge on any atom is -0.391 e. The second kappa shape index (κ2) is 9.43. The van der Waals surface area contributed by atoms with E-state index >= 15 is 0 Å². The summed E-state index contributed by atoms with van der Waals surface area (Å²) in [5.41, 5.74) is 0.505. The number of benzene rings is 1. The Morgan fingerprint density at radius 1 is 1.26 bits per heavy atom. The number of rotatable bonds is 5. The van der Waals surface area contributed by atoms with Gasteiger partial charge in [-0.05, 0) is 82.0 Å². The summed E-state index contributed by atoms with van der Waals surface area (Å²) in [4.78, 5) is 35.6. The van der Waals surface area contributed by atoms with Crippen LogP contribution >= 0.6 is 0 Å². The number of anilines is 1. The van der Waals surface area contributed by atoms with Crippen LogP contribution in [-0.4, -0.2) is 82.4 Å². The van der Waals surface area contributed by atoms with Crippen LogP contribution in [0, 0.1) is 11.2 Å². The molecule has 34 heavy (non-hydrogen) atoms. The van der Waals surface area contributed by atoms with E-state index in [2.05, 4.69) is 10.2 Å². The maximum atomic E-state index is 13.4. The van der Waals surface area contributed by atoms with Crippen LogP contribution in [0.1, 0.15) is 51.9 Å². The minimum atomic E-state index is -0.733. The van der Waals surface area contributed by atoms with E-state index in [1.807, 2.05) is 4.90 Å². The molecule has 1 saturated carbocycles. The monoisotopic (exact) mass is 474 g/mol. The van der Waals surface area contributed by atoms with Crippen molar-refractivity contribution in [3.63, 3.8) is 0 Å². The van der Waals surface area contributed by atoms with Gasteiger partial charge in [0, 0.05) is 30.9 Å². The van der Waals surface area contributed by atoms with Crippen molar-refractivity contribution in [3.8, 4) is 0 Å². The molecule has 4 atom stereocenters. The van der Waals surface area contributed by atoms with E-state index in [0.29, 0.717) is 12.2 Å². The van der Waals surface area contributed by atoms with Crippen LogP contribution in [0.15, 0.2) is 24.3 Å². The fourth-order valence-electron chi connectivity index (χ4n) is 5.98. The Morgan fingerprint density at radius 3 is 2.82 bits per heavy atom. The number of aliphatic hydroxyl groups is 1. The number of nitrogens with one attached hydrogen (secondary N) is 1. The predicted octanol–water partition coefficient (Wildman–Crippen LogP) is 2.98. The number of hydroxylamine groups is 2. The largest absolute Gasteiger partial charge is 0.430 e. The Hall–Kier alpha value is -2.23. The number of hydrogen-bond donors (Lipinski definition) is 2. The van der Waals surface area contributed by atoms with E-state index < -0.39 is 18.0 Å². The lowest BCUT2D eigenvalue weighted by atomic mass is 9.88. The molecule has 5 rings (SSSR count). The fraction of sp³-hybridized carbons (Fsp3) is 0.680. The van der Waals surface area contributed by atoms with Crippen molar-refractivity contribution >= 4 is 17.7 Å². The number of likely N-dealkylation sites (tertiary alicyclic amines) is 1. The molecular weight excluding hydrogens is 439 g/mol. The Kier molecular flexibility index (Phi) is 6.52. The third kappa shape index (κ3) is 4.78. The molecule has 1 aromatic carbocycles. The van der Waals surface area contributed by atoms with Crippen molar-refractivity contribution in [3.05, 3.63) is 30.1 Å². The van der Waals surface area contributed by atoms with Gasteiger partial charge in [-0.3, -0.25) is 10.1 Å². The van der Waals surface area contributed by atoms with Crippen LogP contribution in [0.2, 0.25) is 0 Å². The highest BCUT2D eigenvalue weighted by Crippen LogP contribution is 2.53. The Labute approximate surface area is 200 Å². The number of piperazine rings is 1. The van der Waals surface area contributed by atoms with E-state index in [-0.39, 0.29) is 29.5 Å². The molecule has 8 nitrogen and oxygen atoms in total. The summed E-state index contributed by atoms with van der Waals surface area (Å²) in [7, 11) is 0. The highest BCUT2D eigenvalue weighted by molar-refractivity contribution is 5.86. The van der Waals surface area contributed by atoms with Gasteiger partial charge in [-0.25, -0.2) is 9.18 Å². The van der Waals surface area contributed by atoms with Gasteiger partial charge >= 0.3 is 6.09 Å². The SMILES string of the molecule is C[C@H]1C(=O)N2[C@@H](CCN3CCC4(CC4)[C@H](O)C3)CCC[C@H]2CN1OC(=O)Nc1cccc(F)c1. The van der Waals surface area contributed by atoms with E-state index in [4.69, 9.17) is 4.84 Å². The number of carbonyl (C=O) groups is 2. The zero-order valence-electron chi connectivity index (χ0n) is 19.8. The van der Waals surface area contributed by atoms with Gasteiger partial charge in [-0.1, -0.05) is 6.07 Å². The quantitative estimate of drug-likeness (QED) is 0.683. The molecule has 3 saturated heterocycles. The number of halogens is 1. The third-order valence-corrected chi connectivity index (χ3v) is 8.30. The first-order valence-electron chi connectivity index (χ1n) is 12.6. The van der Waals surface area contributed by atoms with Crippen molar-refractivity contribution in [2.75, 3.05) is 31.5 Å². The number of nitrogens with zero attached hydrogens (tertiary/aromatic N) is 3. The lowest BCUT2D eigenvalue weighted by Crippen LogP contribution is -2.65. The summed E-state index contributed by atoms with van der Waals surface area (Å²) in [5, 5.41) is 14.5. The van der Waals surface area contributed by atoms with Gasteiger partial charge in [0.1, 0.15) is 11.9 Å². The van der Waals surface area contributed by atoms with Gasteiger partial charge in [0.15, 0.2) is 0 Å². The average Bonchev–Trinajstić information content (AvgIpc) is 3.59. The van der Waals surface area contributed by atoms with E-state index in [9.17, 15) is 19.1 Å². The number of hydrogen-bond acceptors (Lipinski definition) is 6. The van der Waals surface area contributed by atoms with Gasteiger partial charge in [0.2, 0.25) is 5.91 Å². The van der Waals surface area contributed by atoms with Crippen molar-refractivity contribution in [1.29, 1.82) is 0 Å². The third-order valence-electron chi connectivity index (χ3n) is 8.30. The van der Waals surface area contributed by atoms with Gasteiger partial charge in [0.05, 0.1) is 12.6 Å². The van der Waals surface area contributed by atoms with E-state index in [0.717, 1.165) is 64.6 Å². The lowest BCUT2D eigenvalue weighted by Gasteiger charge is -2.50. The zero-order valence-corrected chi connectivity index (χ0v) is 19.8. The molecule has 1 aromatic rings. The number of carbonyl (C=O) groups excluding carboxylic acids is 2. The smallest absolute Gasteiger partial charge is 0.391 e. The van der Waals surface area contributed by atoms with Crippen LogP contribution in [0.5, 0.6) is 0 Å². The summed E-state index contributed by atoms with van der Waals surface area (Å²) in [6.45, 7) is 4.88. The van der Waals surface area contributed by atoms with Crippen LogP contribution < -0.4 is 5.32 Å². The highest BCUT2D eigenvalue weighted by atomic mass is 19.1. The van der Waals surface area contributed by atoms with Crippen molar-refractivity contribution in [2.45, 2.75) is 76.1 Å². The molecule has 2 N–H and O–H groups in total. The molecule has 1 spiro atoms. The number of amides is 2. The number of β-amino-alcohol motifs (C(OH)–C–C–N with tert-alkyl or cyclic N) is 1. The second-order valence-electron chi connectivity index (χ2n) is 10.5. The second-order valence-corrected chi connectivity index (χ2v) is 10.5. The Morgan fingerprint density at radius 2 is 2.09 bits per heavy atom. The van der Waals surface area contributed by atoms with Gasteiger partial charge in [-0.2, -0.15) is 0 Å². The number of aliphatic hydroxyl groups excluding tert-OH is 1. The first kappa shape index (κ1) is 23.5. The zero-order chi connectivity index (χ0) is 23.9. The first-order chi connectivity index (χ1) is 16.3. The van der Waals surface area contributed by atoms with Gasteiger partial charge in [-0.15, -0.1) is 5.06 Å².